The normalized spacial score (nSPS) is 18.9. The minimum atomic E-state index is -2.84. The van der Waals surface area contributed by atoms with Crippen LogP contribution in [0.5, 0.6) is 0 Å². The Morgan fingerprint density at radius 1 is 1.15 bits per heavy atom. The third-order valence-corrected chi connectivity index (χ3v) is 7.43. The van der Waals surface area contributed by atoms with Crippen molar-refractivity contribution in [2.24, 2.45) is 4.99 Å². The number of fused-ring (bicyclic) bond motifs is 1. The van der Waals surface area contributed by atoms with Crippen LogP contribution in [0.4, 0.5) is 13.2 Å². The van der Waals surface area contributed by atoms with Crippen LogP contribution in [0.1, 0.15) is 45.9 Å². The molecule has 5 heterocycles. The summed E-state index contributed by atoms with van der Waals surface area (Å²) in [6.07, 6.45) is 6.11. The lowest BCUT2D eigenvalue weighted by molar-refractivity contribution is 0.0564. The summed E-state index contributed by atoms with van der Waals surface area (Å²) in [6.45, 7) is -2.51. The zero-order valence-electron chi connectivity index (χ0n) is 19.9. The number of nitrogens with zero attached hydrogens (tertiary/aromatic N) is 7. The van der Waals surface area contributed by atoms with E-state index >= 15 is 0 Å². The van der Waals surface area contributed by atoms with Gasteiger partial charge in [-0.05, 0) is 24.3 Å². The molecule has 1 aromatic carbocycles. The molecule has 39 heavy (non-hydrogen) atoms. The lowest BCUT2D eigenvalue weighted by atomic mass is 9.92. The first-order valence-corrected chi connectivity index (χ1v) is 13.0. The van der Waals surface area contributed by atoms with Crippen molar-refractivity contribution in [2.45, 2.75) is 25.1 Å². The molecule has 3 aromatic heterocycles. The number of nitrogens with one attached hydrogen (secondary N) is 1. The van der Waals surface area contributed by atoms with Gasteiger partial charge in [-0.3, -0.25) is 9.79 Å². The highest BCUT2D eigenvalue weighted by molar-refractivity contribution is 7.11. The standard InChI is InChI=1S/C25H18ClF3N8OS/c26-16-10-13(27)2-3-15(16)20-19(17-4-8-37(35-17)25(28)29)18-11-14(33-23(38)21-30-5-1-6-31-21)12-36(18)22(34-20)24-32-7-9-39-24/h1-10,14,20,25H,11-12H2,(H,33,38)/t14-,20-/m0/s1. The van der Waals surface area contributed by atoms with Crippen molar-refractivity contribution in [1.29, 1.82) is 0 Å². The molecule has 4 aromatic rings. The summed E-state index contributed by atoms with van der Waals surface area (Å²) in [5, 5.41) is 9.62. The Kier molecular flexibility index (Phi) is 6.61. The van der Waals surface area contributed by atoms with Gasteiger partial charge in [0.15, 0.2) is 10.8 Å². The Bertz CT molecular complexity index is 1590. The van der Waals surface area contributed by atoms with E-state index in [2.05, 4.69) is 25.4 Å². The number of hydrogen-bond donors (Lipinski definition) is 1. The van der Waals surface area contributed by atoms with E-state index in [0.717, 1.165) is 0 Å². The number of aromatic nitrogens is 5. The van der Waals surface area contributed by atoms with Crippen LogP contribution in [0.3, 0.4) is 0 Å². The van der Waals surface area contributed by atoms with E-state index in [-0.39, 0.29) is 16.5 Å². The molecule has 0 radical (unpaired) electrons. The average Bonchev–Trinajstić information content (AvgIpc) is 3.69. The van der Waals surface area contributed by atoms with E-state index in [9.17, 15) is 18.0 Å². The van der Waals surface area contributed by atoms with Crippen molar-refractivity contribution in [2.75, 3.05) is 6.54 Å². The predicted molar refractivity (Wildman–Crippen MR) is 138 cm³/mol. The topological polar surface area (TPSA) is 101 Å². The zero-order valence-corrected chi connectivity index (χ0v) is 21.5. The van der Waals surface area contributed by atoms with Gasteiger partial charge >= 0.3 is 6.55 Å². The monoisotopic (exact) mass is 570 g/mol. The summed E-state index contributed by atoms with van der Waals surface area (Å²) in [4.78, 5) is 32.2. The van der Waals surface area contributed by atoms with E-state index in [1.165, 1.54) is 54.2 Å². The highest BCUT2D eigenvalue weighted by Gasteiger charge is 2.41. The maximum Gasteiger partial charge on any atom is 0.333 e. The average molecular weight is 571 g/mol. The maximum absolute atomic E-state index is 14.0. The first kappa shape index (κ1) is 25.2. The Hall–Kier alpha value is -4.10. The van der Waals surface area contributed by atoms with Crippen molar-refractivity contribution in [3.05, 3.63) is 99.1 Å². The molecular weight excluding hydrogens is 553 g/mol. The van der Waals surface area contributed by atoms with E-state index in [1.807, 2.05) is 10.3 Å². The highest BCUT2D eigenvalue weighted by atomic mass is 35.5. The predicted octanol–water partition coefficient (Wildman–Crippen LogP) is 4.73. The Morgan fingerprint density at radius 2 is 1.97 bits per heavy atom. The summed E-state index contributed by atoms with van der Waals surface area (Å²) in [5.74, 6) is -0.420. The van der Waals surface area contributed by atoms with E-state index in [1.54, 1.807) is 12.3 Å². The number of amides is 1. The minimum absolute atomic E-state index is 0.0250. The van der Waals surface area contributed by atoms with Crippen molar-refractivity contribution in [3.8, 4) is 0 Å². The van der Waals surface area contributed by atoms with Crippen LogP contribution in [0.2, 0.25) is 5.02 Å². The number of carbonyl (C=O) groups excluding carboxylic acids is 1. The van der Waals surface area contributed by atoms with Gasteiger partial charge in [0.1, 0.15) is 11.9 Å². The second-order valence-corrected chi connectivity index (χ2v) is 10.0. The Balaban J connectivity index is 1.48. The van der Waals surface area contributed by atoms with Crippen molar-refractivity contribution < 1.29 is 18.0 Å². The van der Waals surface area contributed by atoms with Crippen molar-refractivity contribution in [1.82, 2.24) is 34.9 Å². The molecule has 1 saturated heterocycles. The molecule has 1 N–H and O–H groups in total. The molecule has 2 aliphatic heterocycles. The third kappa shape index (κ3) is 4.79. The Morgan fingerprint density at radius 3 is 2.67 bits per heavy atom. The van der Waals surface area contributed by atoms with E-state index in [4.69, 9.17) is 16.6 Å². The second kappa shape index (κ2) is 10.2. The first-order valence-electron chi connectivity index (χ1n) is 11.7. The fourth-order valence-corrected chi connectivity index (χ4v) is 5.63. The van der Waals surface area contributed by atoms with Crippen LogP contribution in [-0.4, -0.2) is 54.0 Å². The number of amidine groups is 1. The summed E-state index contributed by atoms with van der Waals surface area (Å²) >= 11 is 7.85. The van der Waals surface area contributed by atoms with Gasteiger partial charge < -0.3 is 10.2 Å². The number of alkyl halides is 2. The molecule has 2 aliphatic rings. The van der Waals surface area contributed by atoms with Crippen LogP contribution in [0.25, 0.3) is 5.57 Å². The zero-order chi connectivity index (χ0) is 27.1. The quantitative estimate of drug-likeness (QED) is 0.359. The molecular formula is C25H18ClF3N8OS. The molecule has 0 saturated carbocycles. The van der Waals surface area contributed by atoms with Crippen molar-refractivity contribution >= 4 is 40.3 Å². The molecule has 0 spiro atoms. The fraction of sp³-hybridized carbons (Fsp3) is 0.200. The highest BCUT2D eigenvalue weighted by Crippen LogP contribution is 2.46. The number of benzene rings is 1. The van der Waals surface area contributed by atoms with Gasteiger partial charge in [-0.25, -0.2) is 24.0 Å². The molecule has 6 rings (SSSR count). The number of carbonyl (C=O) groups is 1. The van der Waals surface area contributed by atoms with Gasteiger partial charge in [0, 0.05) is 65.0 Å². The molecule has 0 bridgehead atoms. The van der Waals surface area contributed by atoms with Gasteiger partial charge in [-0.1, -0.05) is 17.7 Å². The number of rotatable bonds is 6. The van der Waals surface area contributed by atoms with Crippen LogP contribution in [-0.2, 0) is 0 Å². The third-order valence-electron chi connectivity index (χ3n) is 6.33. The molecule has 0 aliphatic carbocycles. The largest absolute Gasteiger partial charge is 0.344 e. The second-order valence-electron chi connectivity index (χ2n) is 8.73. The van der Waals surface area contributed by atoms with Crippen LogP contribution >= 0.6 is 22.9 Å². The summed E-state index contributed by atoms with van der Waals surface area (Å²) in [7, 11) is 0. The number of aliphatic imine (C=N–C) groups is 1. The van der Waals surface area contributed by atoms with Gasteiger partial charge in [0.25, 0.3) is 5.91 Å². The van der Waals surface area contributed by atoms with Gasteiger partial charge in [0.05, 0.1) is 11.7 Å². The summed E-state index contributed by atoms with van der Waals surface area (Å²) < 4.78 is 41.5. The number of hydrogen-bond acceptors (Lipinski definition) is 8. The molecule has 1 fully saturated rings. The van der Waals surface area contributed by atoms with Crippen LogP contribution in [0, 0.1) is 5.82 Å². The van der Waals surface area contributed by atoms with E-state index < -0.39 is 30.4 Å². The minimum Gasteiger partial charge on any atom is -0.344 e. The summed E-state index contributed by atoms with van der Waals surface area (Å²) in [5.41, 5.74) is 1.97. The first-order chi connectivity index (χ1) is 18.9. The maximum atomic E-state index is 14.0. The number of halogens is 4. The number of thiazole rings is 1. The van der Waals surface area contributed by atoms with E-state index in [0.29, 0.717) is 45.3 Å². The molecule has 9 nitrogen and oxygen atoms in total. The van der Waals surface area contributed by atoms with Crippen LogP contribution < -0.4 is 5.32 Å². The van der Waals surface area contributed by atoms with Gasteiger partial charge in [-0.2, -0.15) is 13.9 Å². The molecule has 0 unspecified atom stereocenters. The molecule has 2 atom stereocenters. The fourth-order valence-electron chi connectivity index (χ4n) is 4.72. The van der Waals surface area contributed by atoms with Crippen molar-refractivity contribution in [3.63, 3.8) is 0 Å². The van der Waals surface area contributed by atoms with Gasteiger partial charge in [0.2, 0.25) is 5.82 Å². The molecule has 1 amide bonds. The Labute approximate surface area is 228 Å². The van der Waals surface area contributed by atoms with Crippen LogP contribution in [0.15, 0.2) is 71.2 Å². The van der Waals surface area contributed by atoms with Gasteiger partial charge in [-0.15, -0.1) is 11.3 Å². The lowest BCUT2D eigenvalue weighted by Gasteiger charge is -2.32. The molecule has 198 valence electrons. The summed E-state index contributed by atoms with van der Waals surface area (Å²) in [6, 6.07) is 5.87. The SMILES string of the molecule is O=C(N[C@H]1CC2=C(c3ccn(C(F)F)n3)[C@H](c3ccc(F)cc3Cl)N=C(c3nccs3)N2C1)c1ncccn1. The molecule has 14 heteroatoms. The smallest absolute Gasteiger partial charge is 0.333 e. The lowest BCUT2D eigenvalue weighted by Crippen LogP contribution is -2.39.